The molecule has 1 aliphatic rings. The topological polar surface area (TPSA) is 143 Å². The van der Waals surface area contributed by atoms with Crippen LogP contribution in [0.2, 0.25) is 0 Å². The van der Waals surface area contributed by atoms with E-state index in [-0.39, 0.29) is 30.5 Å². The minimum Gasteiger partial charge on any atom is -0.486 e. The van der Waals surface area contributed by atoms with Crippen LogP contribution in [0, 0.1) is 10.1 Å². The molecule has 1 aliphatic heterocycles. The second-order valence-electron chi connectivity index (χ2n) is 5.91. The summed E-state index contributed by atoms with van der Waals surface area (Å²) in [6.45, 7) is -0.106. The van der Waals surface area contributed by atoms with Crippen molar-refractivity contribution in [1.29, 1.82) is 0 Å². The number of hydrogen-bond acceptors (Lipinski definition) is 8. The van der Waals surface area contributed by atoms with Gasteiger partial charge in [0.15, 0.2) is 18.1 Å². The van der Waals surface area contributed by atoms with Crippen molar-refractivity contribution in [2.24, 2.45) is 0 Å². The smallest absolute Gasteiger partial charge is 0.338 e. The van der Waals surface area contributed by atoms with Crippen molar-refractivity contribution in [3.63, 3.8) is 0 Å². The Labute approximate surface area is 159 Å². The molecule has 0 fully saturated rings. The van der Waals surface area contributed by atoms with Crippen molar-refractivity contribution in [3.05, 3.63) is 58.1 Å². The maximum Gasteiger partial charge on any atom is 0.338 e. The van der Waals surface area contributed by atoms with E-state index in [1.807, 2.05) is 12.1 Å². The van der Waals surface area contributed by atoms with Gasteiger partial charge in [-0.15, -0.1) is 0 Å². The molecule has 0 spiro atoms. The van der Waals surface area contributed by atoms with Crippen molar-refractivity contribution >= 4 is 23.3 Å². The fourth-order valence-electron chi connectivity index (χ4n) is 2.49. The normalized spacial score (nSPS) is 14.8. The Morgan fingerprint density at radius 3 is 2.75 bits per heavy atom. The first-order valence-corrected chi connectivity index (χ1v) is 8.30. The molecule has 3 rings (SSSR count). The number of rotatable bonds is 6. The molecule has 1 heterocycles. The summed E-state index contributed by atoms with van der Waals surface area (Å²) in [7, 11) is 0. The predicted molar refractivity (Wildman–Crippen MR) is 97.2 cm³/mol. The minimum atomic E-state index is -0.871. The lowest BCUT2D eigenvalue weighted by molar-refractivity contribution is -0.383. The number of anilines is 1. The number of nitro benzene ring substituents is 1. The molecular formula is C18H17N3O7. The fraction of sp³-hybridized carbons (Fsp3) is 0.222. The van der Waals surface area contributed by atoms with Crippen LogP contribution in [0.15, 0.2) is 42.5 Å². The molecule has 0 saturated carbocycles. The number of hydrogen-bond donors (Lipinski definition) is 2. The second kappa shape index (κ2) is 8.25. The highest BCUT2D eigenvalue weighted by molar-refractivity contribution is 5.92. The molecule has 28 heavy (non-hydrogen) atoms. The zero-order valence-electron chi connectivity index (χ0n) is 14.6. The Balaban J connectivity index is 1.46. The van der Waals surface area contributed by atoms with Gasteiger partial charge in [0.25, 0.3) is 11.6 Å². The number of para-hydroxylation sites is 2. The summed E-state index contributed by atoms with van der Waals surface area (Å²) in [5.74, 6) is -0.189. The number of fused-ring (bicyclic) bond motifs is 1. The third kappa shape index (κ3) is 4.47. The lowest BCUT2D eigenvalue weighted by Gasteiger charge is -2.26. The summed E-state index contributed by atoms with van der Waals surface area (Å²) < 4.78 is 16.1. The van der Waals surface area contributed by atoms with Crippen molar-refractivity contribution in [2.75, 3.05) is 25.5 Å². The number of carbonyl (C=O) groups is 2. The Bertz CT molecular complexity index is 916. The number of ether oxygens (including phenoxy) is 3. The van der Waals surface area contributed by atoms with Crippen LogP contribution < -0.4 is 20.5 Å². The van der Waals surface area contributed by atoms with Crippen LogP contribution in [0.1, 0.15) is 10.4 Å². The highest BCUT2D eigenvalue weighted by atomic mass is 16.6. The van der Waals surface area contributed by atoms with Gasteiger partial charge in [0.05, 0.1) is 17.0 Å². The molecule has 146 valence electrons. The molecule has 3 N–H and O–H groups in total. The first kappa shape index (κ1) is 19.0. The van der Waals surface area contributed by atoms with Gasteiger partial charge >= 0.3 is 5.97 Å². The SMILES string of the molecule is Nc1ccc(C(=O)OCC(=O)NC[C@@H]2COc3ccccc3O2)cc1[N+](=O)[O-]. The van der Waals surface area contributed by atoms with E-state index >= 15 is 0 Å². The summed E-state index contributed by atoms with van der Waals surface area (Å²) >= 11 is 0. The van der Waals surface area contributed by atoms with Crippen molar-refractivity contribution in [3.8, 4) is 11.5 Å². The van der Waals surface area contributed by atoms with Gasteiger partial charge in [-0.3, -0.25) is 14.9 Å². The number of esters is 1. The lowest BCUT2D eigenvalue weighted by atomic mass is 10.2. The monoisotopic (exact) mass is 387 g/mol. The number of benzene rings is 2. The number of carbonyl (C=O) groups excluding carboxylic acids is 2. The second-order valence-corrected chi connectivity index (χ2v) is 5.91. The van der Waals surface area contributed by atoms with E-state index < -0.39 is 29.1 Å². The Hall–Kier alpha value is -3.82. The maximum absolute atomic E-state index is 12.0. The minimum absolute atomic E-state index is 0.0735. The van der Waals surface area contributed by atoms with Crippen molar-refractivity contribution in [2.45, 2.75) is 6.10 Å². The number of nitro groups is 1. The number of amides is 1. The Morgan fingerprint density at radius 2 is 2.00 bits per heavy atom. The first-order valence-electron chi connectivity index (χ1n) is 8.30. The maximum atomic E-state index is 12.0. The summed E-state index contributed by atoms with van der Waals surface area (Å²) in [5.41, 5.74) is 4.92. The van der Waals surface area contributed by atoms with Crippen LogP contribution in [0.4, 0.5) is 11.4 Å². The van der Waals surface area contributed by atoms with E-state index in [2.05, 4.69) is 5.32 Å². The van der Waals surface area contributed by atoms with Crippen LogP contribution in [0.5, 0.6) is 11.5 Å². The van der Waals surface area contributed by atoms with E-state index in [1.54, 1.807) is 12.1 Å². The molecule has 2 aromatic rings. The van der Waals surface area contributed by atoms with E-state index in [0.717, 1.165) is 6.07 Å². The Morgan fingerprint density at radius 1 is 1.25 bits per heavy atom. The van der Waals surface area contributed by atoms with Crippen LogP contribution in [0.3, 0.4) is 0 Å². The van der Waals surface area contributed by atoms with Crippen LogP contribution in [-0.2, 0) is 9.53 Å². The third-order valence-corrected chi connectivity index (χ3v) is 3.89. The average molecular weight is 387 g/mol. The van der Waals surface area contributed by atoms with Gasteiger partial charge in [-0.2, -0.15) is 0 Å². The zero-order chi connectivity index (χ0) is 20.1. The fourth-order valence-corrected chi connectivity index (χ4v) is 2.49. The average Bonchev–Trinajstić information content (AvgIpc) is 2.70. The summed E-state index contributed by atoms with van der Waals surface area (Å²) in [6, 6.07) is 10.7. The van der Waals surface area contributed by atoms with Crippen LogP contribution in [0.25, 0.3) is 0 Å². The molecule has 1 amide bonds. The van der Waals surface area contributed by atoms with E-state index in [9.17, 15) is 19.7 Å². The molecule has 0 radical (unpaired) electrons. The third-order valence-electron chi connectivity index (χ3n) is 3.89. The number of nitrogens with zero attached hydrogens (tertiary/aromatic N) is 1. The van der Waals surface area contributed by atoms with Gasteiger partial charge in [-0.05, 0) is 24.3 Å². The van der Waals surface area contributed by atoms with Gasteiger partial charge < -0.3 is 25.3 Å². The van der Waals surface area contributed by atoms with Crippen LogP contribution >= 0.6 is 0 Å². The molecule has 0 aliphatic carbocycles. The molecule has 0 saturated heterocycles. The van der Waals surface area contributed by atoms with E-state index in [1.165, 1.54) is 12.1 Å². The van der Waals surface area contributed by atoms with Crippen LogP contribution in [-0.4, -0.2) is 42.7 Å². The van der Waals surface area contributed by atoms with Gasteiger partial charge in [-0.1, -0.05) is 12.1 Å². The van der Waals surface area contributed by atoms with Crippen molar-refractivity contribution in [1.82, 2.24) is 5.32 Å². The number of nitrogens with one attached hydrogen (secondary N) is 1. The summed E-state index contributed by atoms with van der Waals surface area (Å²) in [5, 5.41) is 13.4. The van der Waals surface area contributed by atoms with Gasteiger partial charge in [-0.25, -0.2) is 4.79 Å². The lowest BCUT2D eigenvalue weighted by Crippen LogP contribution is -2.42. The van der Waals surface area contributed by atoms with E-state index in [0.29, 0.717) is 11.5 Å². The molecule has 10 heteroatoms. The zero-order valence-corrected chi connectivity index (χ0v) is 14.6. The van der Waals surface area contributed by atoms with E-state index in [4.69, 9.17) is 19.9 Å². The van der Waals surface area contributed by atoms with Crippen molar-refractivity contribution < 1.29 is 28.7 Å². The van der Waals surface area contributed by atoms with Gasteiger partial charge in [0.1, 0.15) is 18.4 Å². The summed E-state index contributed by atoms with van der Waals surface area (Å²) in [6.07, 6.45) is -0.380. The molecule has 2 aromatic carbocycles. The molecule has 0 bridgehead atoms. The largest absolute Gasteiger partial charge is 0.486 e. The quantitative estimate of drug-likeness (QED) is 0.327. The predicted octanol–water partition coefficient (Wildman–Crippen LogP) is 1.29. The molecule has 10 nitrogen and oxygen atoms in total. The molecule has 0 unspecified atom stereocenters. The van der Waals surface area contributed by atoms with Gasteiger partial charge in [0, 0.05) is 6.07 Å². The standard InChI is InChI=1S/C18H17N3O7/c19-13-6-5-11(7-14(13)21(24)25)18(23)27-10-17(22)20-8-12-9-26-15-3-1-2-4-16(15)28-12/h1-7,12H,8-10,19H2,(H,20,22)/t12-/m1/s1. The molecule has 0 aromatic heterocycles. The molecular weight excluding hydrogens is 370 g/mol. The first-order chi connectivity index (χ1) is 13.4. The molecule has 1 atom stereocenters. The summed E-state index contributed by atoms with van der Waals surface area (Å²) in [4.78, 5) is 34.0. The van der Waals surface area contributed by atoms with Gasteiger partial charge in [0.2, 0.25) is 0 Å². The highest BCUT2D eigenvalue weighted by Crippen LogP contribution is 2.30. The number of nitrogen functional groups attached to an aromatic ring is 1. The highest BCUT2D eigenvalue weighted by Gasteiger charge is 2.22. The number of nitrogens with two attached hydrogens (primary N) is 1. The Kier molecular flexibility index (Phi) is 5.58.